The van der Waals surface area contributed by atoms with E-state index in [1.54, 1.807) is 12.1 Å². The van der Waals surface area contributed by atoms with Crippen LogP contribution in [0.15, 0.2) is 35.3 Å². The van der Waals surface area contributed by atoms with Gasteiger partial charge in [0.2, 0.25) is 5.56 Å². The van der Waals surface area contributed by atoms with Crippen LogP contribution in [0.5, 0.6) is 0 Å². The highest BCUT2D eigenvalue weighted by Crippen LogP contribution is 2.19. The first-order valence-corrected chi connectivity index (χ1v) is 4.55. The first kappa shape index (κ1) is 9.86. The molecular weight excluding hydrogens is 219 g/mol. The summed E-state index contributed by atoms with van der Waals surface area (Å²) in [6.45, 7) is 0. The molecule has 2 aromatic heterocycles. The molecule has 0 spiro atoms. The van der Waals surface area contributed by atoms with Crippen molar-refractivity contribution in [3.63, 3.8) is 0 Å². The van der Waals surface area contributed by atoms with Gasteiger partial charge in [-0.15, -0.1) is 0 Å². The largest absolute Gasteiger partial charge is 0.322 e. The second-order valence-electron chi connectivity index (χ2n) is 2.93. The molecule has 0 saturated carbocycles. The number of pyridine rings is 2. The van der Waals surface area contributed by atoms with E-state index < -0.39 is 5.82 Å². The van der Waals surface area contributed by atoms with Crippen molar-refractivity contribution in [1.82, 2.24) is 9.97 Å². The molecule has 0 aliphatic heterocycles. The second kappa shape index (κ2) is 3.82. The molecule has 3 nitrogen and oxygen atoms in total. The molecule has 1 N–H and O–H groups in total. The summed E-state index contributed by atoms with van der Waals surface area (Å²) in [5.74, 6) is -0.612. The fourth-order valence-electron chi connectivity index (χ4n) is 1.18. The average molecular weight is 225 g/mol. The van der Waals surface area contributed by atoms with Gasteiger partial charge in [0.15, 0.2) is 11.0 Å². The van der Waals surface area contributed by atoms with Crippen LogP contribution in [-0.2, 0) is 0 Å². The molecule has 0 bridgehead atoms. The van der Waals surface area contributed by atoms with E-state index in [1.807, 2.05) is 0 Å². The highest BCUT2D eigenvalue weighted by atomic mass is 35.5. The van der Waals surface area contributed by atoms with Gasteiger partial charge >= 0.3 is 0 Å². The number of hydrogen-bond donors (Lipinski definition) is 1. The number of aromatic nitrogens is 2. The summed E-state index contributed by atoms with van der Waals surface area (Å²) in [5, 5.41) is -0.183. The van der Waals surface area contributed by atoms with Crippen molar-refractivity contribution in [2.24, 2.45) is 0 Å². The van der Waals surface area contributed by atoms with Crippen LogP contribution in [0.25, 0.3) is 11.3 Å². The Morgan fingerprint density at radius 2 is 2.20 bits per heavy atom. The minimum absolute atomic E-state index is 0.183. The number of H-pyrrole nitrogens is 1. The van der Waals surface area contributed by atoms with Crippen molar-refractivity contribution in [2.45, 2.75) is 0 Å². The van der Waals surface area contributed by atoms with Crippen LogP contribution >= 0.6 is 11.6 Å². The Kier molecular flexibility index (Phi) is 2.51. The van der Waals surface area contributed by atoms with E-state index in [-0.39, 0.29) is 10.7 Å². The Labute approximate surface area is 89.6 Å². The number of nitrogens with one attached hydrogen (secondary N) is 1. The molecule has 76 valence electrons. The summed E-state index contributed by atoms with van der Waals surface area (Å²) in [5.41, 5.74) is 0.739. The lowest BCUT2D eigenvalue weighted by atomic mass is 10.2. The zero-order valence-electron chi connectivity index (χ0n) is 7.50. The summed E-state index contributed by atoms with van der Waals surface area (Å²) in [6.07, 6.45) is 1.40. The summed E-state index contributed by atoms with van der Waals surface area (Å²) in [6, 6.07) is 5.84. The molecule has 5 heteroatoms. The van der Waals surface area contributed by atoms with Crippen molar-refractivity contribution >= 4 is 11.6 Å². The topological polar surface area (TPSA) is 45.8 Å². The lowest BCUT2D eigenvalue weighted by Crippen LogP contribution is -2.03. The van der Waals surface area contributed by atoms with Crippen molar-refractivity contribution in [2.75, 3.05) is 0 Å². The van der Waals surface area contributed by atoms with E-state index in [1.165, 1.54) is 18.3 Å². The molecule has 0 aromatic carbocycles. The van der Waals surface area contributed by atoms with E-state index in [9.17, 15) is 9.18 Å². The number of hydrogen-bond acceptors (Lipinski definition) is 2. The highest BCUT2D eigenvalue weighted by Gasteiger charge is 2.04. The van der Waals surface area contributed by atoms with Gasteiger partial charge in [-0.05, 0) is 12.1 Å². The fraction of sp³-hybridized carbons (Fsp3) is 0. The zero-order chi connectivity index (χ0) is 10.8. The molecule has 0 unspecified atom stereocenters. The molecule has 0 amide bonds. The minimum Gasteiger partial charge on any atom is -0.322 e. The van der Waals surface area contributed by atoms with E-state index in [4.69, 9.17) is 11.6 Å². The molecule has 2 heterocycles. The Bertz CT molecular complexity index is 553. The number of aromatic amines is 1. The standard InChI is InChI=1S/C10H6ClFN2O/c11-10-7(12)4-6(5-13-10)8-2-1-3-9(15)14-8/h1-5H,(H,14,15). The van der Waals surface area contributed by atoms with Crippen LogP contribution < -0.4 is 5.56 Å². The van der Waals surface area contributed by atoms with E-state index in [0.29, 0.717) is 11.3 Å². The van der Waals surface area contributed by atoms with Crippen LogP contribution in [0.2, 0.25) is 5.15 Å². The lowest BCUT2D eigenvalue weighted by molar-refractivity contribution is 0.622. The van der Waals surface area contributed by atoms with Gasteiger partial charge in [-0.25, -0.2) is 9.37 Å². The SMILES string of the molecule is O=c1cccc(-c2cnc(Cl)c(F)c2)[nH]1. The Balaban J connectivity index is 2.55. The number of halogens is 2. The maximum Gasteiger partial charge on any atom is 0.248 e. The predicted molar refractivity (Wildman–Crippen MR) is 55.3 cm³/mol. The van der Waals surface area contributed by atoms with Crippen LogP contribution in [0.1, 0.15) is 0 Å². The maximum atomic E-state index is 13.1. The summed E-state index contributed by atoms with van der Waals surface area (Å²) < 4.78 is 13.1. The van der Waals surface area contributed by atoms with Gasteiger partial charge in [-0.2, -0.15) is 0 Å². The van der Waals surface area contributed by atoms with Crippen LogP contribution in [0.4, 0.5) is 4.39 Å². The van der Waals surface area contributed by atoms with Gasteiger partial charge in [-0.3, -0.25) is 4.79 Å². The van der Waals surface area contributed by atoms with E-state index >= 15 is 0 Å². The predicted octanol–water partition coefficient (Wildman–Crippen LogP) is 2.23. The third-order valence-electron chi connectivity index (χ3n) is 1.88. The van der Waals surface area contributed by atoms with Crippen molar-refractivity contribution in [1.29, 1.82) is 0 Å². The molecule has 0 radical (unpaired) electrons. The normalized spacial score (nSPS) is 10.3. The second-order valence-corrected chi connectivity index (χ2v) is 3.28. The maximum absolute atomic E-state index is 13.1. The molecule has 0 fully saturated rings. The summed E-state index contributed by atoms with van der Waals surface area (Å²) in [4.78, 5) is 17.2. The number of nitrogens with zero attached hydrogens (tertiary/aromatic N) is 1. The van der Waals surface area contributed by atoms with Gasteiger partial charge in [0, 0.05) is 23.5 Å². The first-order valence-electron chi connectivity index (χ1n) is 4.17. The summed E-state index contributed by atoms with van der Waals surface area (Å²) >= 11 is 5.44. The van der Waals surface area contributed by atoms with Crippen LogP contribution in [0.3, 0.4) is 0 Å². The van der Waals surface area contributed by atoms with Gasteiger partial charge < -0.3 is 4.98 Å². The highest BCUT2D eigenvalue weighted by molar-refractivity contribution is 6.29. The zero-order valence-corrected chi connectivity index (χ0v) is 8.25. The van der Waals surface area contributed by atoms with Crippen LogP contribution in [-0.4, -0.2) is 9.97 Å². The lowest BCUT2D eigenvalue weighted by Gasteiger charge is -2.01. The van der Waals surface area contributed by atoms with Crippen LogP contribution in [0, 0.1) is 5.82 Å². The van der Waals surface area contributed by atoms with E-state index in [2.05, 4.69) is 9.97 Å². The molecule has 2 rings (SSSR count). The summed E-state index contributed by atoms with van der Waals surface area (Å²) in [7, 11) is 0. The monoisotopic (exact) mass is 224 g/mol. The van der Waals surface area contributed by atoms with Crippen molar-refractivity contribution < 1.29 is 4.39 Å². The quantitative estimate of drug-likeness (QED) is 0.755. The van der Waals surface area contributed by atoms with Gasteiger partial charge in [-0.1, -0.05) is 17.7 Å². The molecule has 0 aliphatic rings. The minimum atomic E-state index is -0.612. The van der Waals surface area contributed by atoms with E-state index in [0.717, 1.165) is 0 Å². The molecular formula is C10H6ClFN2O. The first-order chi connectivity index (χ1) is 7.16. The molecule has 0 saturated heterocycles. The van der Waals surface area contributed by atoms with Gasteiger partial charge in [0.05, 0.1) is 0 Å². The Morgan fingerprint density at radius 1 is 1.40 bits per heavy atom. The molecule has 2 aromatic rings. The molecule has 0 atom stereocenters. The van der Waals surface area contributed by atoms with Gasteiger partial charge in [0.25, 0.3) is 0 Å². The smallest absolute Gasteiger partial charge is 0.248 e. The Morgan fingerprint density at radius 3 is 2.87 bits per heavy atom. The van der Waals surface area contributed by atoms with Gasteiger partial charge in [0.1, 0.15) is 0 Å². The third-order valence-corrected chi connectivity index (χ3v) is 2.15. The average Bonchev–Trinajstić information content (AvgIpc) is 2.22. The molecule has 0 aliphatic carbocycles. The third kappa shape index (κ3) is 2.05. The Hall–Kier alpha value is -1.68. The number of rotatable bonds is 1. The van der Waals surface area contributed by atoms with Crippen molar-refractivity contribution in [3.05, 3.63) is 51.8 Å². The molecule has 15 heavy (non-hydrogen) atoms. The van der Waals surface area contributed by atoms with Crippen molar-refractivity contribution in [3.8, 4) is 11.3 Å². The fourth-order valence-corrected chi connectivity index (χ4v) is 1.29.